The molecule has 26 heavy (non-hydrogen) atoms. The molecule has 2 N–H and O–H groups in total. The Labute approximate surface area is 149 Å². The summed E-state index contributed by atoms with van der Waals surface area (Å²) >= 11 is 0. The van der Waals surface area contributed by atoms with Gasteiger partial charge in [-0.05, 0) is 29.8 Å². The van der Waals surface area contributed by atoms with Crippen LogP contribution in [-0.2, 0) is 9.53 Å². The molecule has 6 heteroatoms. The average molecular weight is 350 g/mol. The second-order valence-electron chi connectivity index (χ2n) is 6.36. The summed E-state index contributed by atoms with van der Waals surface area (Å²) in [5.74, 6) is -0.387. The van der Waals surface area contributed by atoms with E-state index in [0.717, 1.165) is 0 Å². The zero-order valence-corrected chi connectivity index (χ0v) is 13.7. The van der Waals surface area contributed by atoms with Crippen molar-refractivity contribution in [2.24, 2.45) is 5.73 Å². The minimum atomic E-state index is -0.718. The molecule has 0 saturated carbocycles. The third kappa shape index (κ3) is 2.58. The number of ketones is 1. The summed E-state index contributed by atoms with van der Waals surface area (Å²) in [5.41, 5.74) is 6.95. The first kappa shape index (κ1) is 16.2. The summed E-state index contributed by atoms with van der Waals surface area (Å²) in [5, 5.41) is 9.53. The molecule has 1 aliphatic heterocycles. The first-order valence-corrected chi connectivity index (χ1v) is 8.21. The van der Waals surface area contributed by atoms with Crippen LogP contribution in [-0.4, -0.2) is 5.78 Å². The fourth-order valence-corrected chi connectivity index (χ4v) is 3.65. The molecule has 130 valence electrons. The average Bonchev–Trinajstić information content (AvgIpc) is 3.15. The standard InChI is InChI=1S/C20H15FN2O3/c21-13-4-1-3-11(7-13)18-14(10-22)20(23)26-17-9-12(8-15(24)19(17)18)16-5-2-6-25-16/h1-7,12,18H,8-9,23H2. The van der Waals surface area contributed by atoms with Gasteiger partial charge in [-0.15, -0.1) is 0 Å². The van der Waals surface area contributed by atoms with Crippen LogP contribution >= 0.6 is 0 Å². The van der Waals surface area contributed by atoms with E-state index in [4.69, 9.17) is 14.9 Å². The third-order valence-electron chi connectivity index (χ3n) is 4.79. The lowest BCUT2D eigenvalue weighted by atomic mass is 9.74. The molecule has 1 aromatic carbocycles. The Bertz CT molecular complexity index is 983. The maximum Gasteiger partial charge on any atom is 0.205 e. The summed E-state index contributed by atoms with van der Waals surface area (Å²) in [4.78, 5) is 12.9. The van der Waals surface area contributed by atoms with Crippen LogP contribution in [0.3, 0.4) is 0 Å². The van der Waals surface area contributed by atoms with Crippen LogP contribution < -0.4 is 5.73 Å². The SMILES string of the molecule is N#CC1=C(N)OC2=C(C(=O)CC(c3ccco3)C2)C1c1cccc(F)c1. The molecule has 0 fully saturated rings. The molecule has 2 aliphatic rings. The zero-order valence-electron chi connectivity index (χ0n) is 13.7. The van der Waals surface area contributed by atoms with Crippen LogP contribution in [0.25, 0.3) is 0 Å². The monoisotopic (exact) mass is 350 g/mol. The largest absolute Gasteiger partial charge is 0.469 e. The van der Waals surface area contributed by atoms with Gasteiger partial charge in [0.25, 0.3) is 0 Å². The van der Waals surface area contributed by atoms with E-state index in [0.29, 0.717) is 29.1 Å². The Hall–Kier alpha value is -3.33. The molecule has 2 unspecified atom stereocenters. The van der Waals surface area contributed by atoms with Gasteiger partial charge in [0.05, 0.1) is 12.2 Å². The summed E-state index contributed by atoms with van der Waals surface area (Å²) in [6, 6.07) is 11.5. The lowest BCUT2D eigenvalue weighted by molar-refractivity contribution is -0.117. The van der Waals surface area contributed by atoms with Crippen LogP contribution in [0, 0.1) is 17.1 Å². The molecule has 0 saturated heterocycles. The molecule has 5 nitrogen and oxygen atoms in total. The van der Waals surface area contributed by atoms with Crippen molar-refractivity contribution in [2.75, 3.05) is 0 Å². The van der Waals surface area contributed by atoms with Crippen LogP contribution in [0.2, 0.25) is 0 Å². The molecule has 0 bridgehead atoms. The number of furan rings is 1. The van der Waals surface area contributed by atoms with E-state index >= 15 is 0 Å². The zero-order chi connectivity index (χ0) is 18.3. The van der Waals surface area contributed by atoms with Crippen LogP contribution in [0.15, 0.2) is 69.9 Å². The quantitative estimate of drug-likeness (QED) is 0.893. The lowest BCUT2D eigenvalue weighted by Crippen LogP contribution is -2.29. The number of carbonyl (C=O) groups is 1. The summed E-state index contributed by atoms with van der Waals surface area (Å²) in [6.07, 6.45) is 2.23. The van der Waals surface area contributed by atoms with Crippen molar-refractivity contribution in [3.05, 3.63) is 82.6 Å². The van der Waals surface area contributed by atoms with E-state index in [-0.39, 0.29) is 29.6 Å². The van der Waals surface area contributed by atoms with Crippen LogP contribution in [0.4, 0.5) is 4.39 Å². The molecular weight excluding hydrogens is 335 g/mol. The van der Waals surface area contributed by atoms with Gasteiger partial charge >= 0.3 is 0 Å². The lowest BCUT2D eigenvalue weighted by Gasteiger charge is -2.33. The molecule has 1 aliphatic carbocycles. The number of rotatable bonds is 2. The number of carbonyl (C=O) groups excluding carboxylic acids is 1. The molecule has 0 spiro atoms. The van der Waals surface area contributed by atoms with Gasteiger partial charge in [0.1, 0.15) is 29.0 Å². The Balaban J connectivity index is 1.82. The van der Waals surface area contributed by atoms with Crippen molar-refractivity contribution in [3.63, 3.8) is 0 Å². The Morgan fingerprint density at radius 1 is 1.23 bits per heavy atom. The van der Waals surface area contributed by atoms with Gasteiger partial charge in [0, 0.05) is 24.3 Å². The number of benzene rings is 1. The Morgan fingerprint density at radius 2 is 2.08 bits per heavy atom. The van der Waals surface area contributed by atoms with Crippen molar-refractivity contribution >= 4 is 5.78 Å². The van der Waals surface area contributed by atoms with Gasteiger partial charge in [-0.3, -0.25) is 4.79 Å². The van der Waals surface area contributed by atoms with E-state index in [1.165, 1.54) is 12.1 Å². The van der Waals surface area contributed by atoms with Crippen molar-refractivity contribution in [3.8, 4) is 6.07 Å². The number of hydrogen-bond acceptors (Lipinski definition) is 5. The van der Waals surface area contributed by atoms with Gasteiger partial charge in [-0.25, -0.2) is 4.39 Å². The molecule has 0 amide bonds. The molecule has 2 aromatic rings. The van der Waals surface area contributed by atoms with Gasteiger partial charge < -0.3 is 14.9 Å². The van der Waals surface area contributed by atoms with Gasteiger partial charge in [0.2, 0.25) is 5.88 Å². The number of ether oxygens (including phenoxy) is 1. The fourth-order valence-electron chi connectivity index (χ4n) is 3.65. The minimum absolute atomic E-state index is 0.0478. The molecule has 2 atom stereocenters. The molecule has 2 heterocycles. The summed E-state index contributed by atoms with van der Waals surface area (Å²) in [6.45, 7) is 0. The number of allylic oxidation sites excluding steroid dienone is 3. The van der Waals surface area contributed by atoms with Gasteiger partial charge in [-0.1, -0.05) is 12.1 Å². The van der Waals surface area contributed by atoms with Crippen molar-refractivity contribution in [1.82, 2.24) is 0 Å². The topological polar surface area (TPSA) is 89.3 Å². The molecular formula is C20H15FN2O3. The Morgan fingerprint density at radius 3 is 2.77 bits per heavy atom. The number of hydrogen-bond donors (Lipinski definition) is 1. The van der Waals surface area contributed by atoms with E-state index in [2.05, 4.69) is 0 Å². The smallest absolute Gasteiger partial charge is 0.205 e. The highest BCUT2D eigenvalue weighted by Crippen LogP contribution is 2.46. The van der Waals surface area contributed by atoms with E-state index in [1.54, 1.807) is 24.5 Å². The number of nitriles is 1. The van der Waals surface area contributed by atoms with Gasteiger partial charge in [0.15, 0.2) is 5.78 Å². The second kappa shape index (κ2) is 6.19. The maximum absolute atomic E-state index is 13.7. The van der Waals surface area contributed by atoms with Gasteiger partial charge in [-0.2, -0.15) is 5.26 Å². The highest BCUT2D eigenvalue weighted by Gasteiger charge is 2.41. The summed E-state index contributed by atoms with van der Waals surface area (Å²) in [7, 11) is 0. The predicted octanol–water partition coefficient (Wildman–Crippen LogP) is 3.63. The van der Waals surface area contributed by atoms with Crippen molar-refractivity contribution in [2.45, 2.75) is 24.7 Å². The first-order valence-electron chi connectivity index (χ1n) is 8.21. The maximum atomic E-state index is 13.7. The number of nitrogens with two attached hydrogens (primary N) is 1. The van der Waals surface area contributed by atoms with Crippen molar-refractivity contribution < 1.29 is 18.3 Å². The second-order valence-corrected chi connectivity index (χ2v) is 6.36. The minimum Gasteiger partial charge on any atom is -0.469 e. The number of nitrogens with zero attached hydrogens (tertiary/aromatic N) is 1. The highest BCUT2D eigenvalue weighted by molar-refractivity contribution is 6.00. The Kier molecular flexibility index (Phi) is 3.85. The summed E-state index contributed by atoms with van der Waals surface area (Å²) < 4.78 is 24.8. The van der Waals surface area contributed by atoms with E-state index in [1.807, 2.05) is 12.1 Å². The first-order chi connectivity index (χ1) is 12.6. The molecule has 0 radical (unpaired) electrons. The van der Waals surface area contributed by atoms with Crippen LogP contribution in [0.1, 0.15) is 36.0 Å². The molecule has 4 rings (SSSR count). The van der Waals surface area contributed by atoms with E-state index in [9.17, 15) is 14.4 Å². The predicted molar refractivity (Wildman–Crippen MR) is 89.8 cm³/mol. The highest BCUT2D eigenvalue weighted by atomic mass is 19.1. The van der Waals surface area contributed by atoms with Crippen molar-refractivity contribution in [1.29, 1.82) is 5.26 Å². The number of halogens is 1. The fraction of sp³-hybridized carbons (Fsp3) is 0.200. The normalized spacial score (nSPS) is 22.7. The van der Waals surface area contributed by atoms with Crippen LogP contribution in [0.5, 0.6) is 0 Å². The number of Topliss-reactive ketones (excluding diaryl/α,β-unsaturated/α-hetero) is 1. The van der Waals surface area contributed by atoms with E-state index < -0.39 is 11.7 Å². The molecule has 1 aromatic heterocycles. The third-order valence-corrected chi connectivity index (χ3v) is 4.79.